The van der Waals surface area contributed by atoms with E-state index in [2.05, 4.69) is 51.3 Å². The van der Waals surface area contributed by atoms with E-state index < -0.39 is 0 Å². The first kappa shape index (κ1) is 13.3. The fourth-order valence-corrected chi connectivity index (χ4v) is 3.14. The molecule has 2 rings (SSSR count). The summed E-state index contributed by atoms with van der Waals surface area (Å²) in [4.78, 5) is 4.75. The Morgan fingerprint density at radius 2 is 1.83 bits per heavy atom. The monoisotopic (exact) mass is 259 g/mol. The second-order valence-electron chi connectivity index (χ2n) is 5.15. The summed E-state index contributed by atoms with van der Waals surface area (Å²) in [6.07, 6.45) is 2.12. The zero-order chi connectivity index (χ0) is 13.1. The van der Waals surface area contributed by atoms with Crippen molar-refractivity contribution in [1.29, 1.82) is 0 Å². The first-order valence-electron chi connectivity index (χ1n) is 6.60. The molecule has 0 amide bonds. The lowest BCUT2D eigenvalue weighted by Gasteiger charge is -2.04. The zero-order valence-corrected chi connectivity index (χ0v) is 12.5. The summed E-state index contributed by atoms with van der Waals surface area (Å²) in [7, 11) is 0. The third kappa shape index (κ3) is 3.20. The topological polar surface area (TPSA) is 12.9 Å². The Labute approximate surface area is 114 Å². The minimum absolute atomic E-state index is 0.578. The molecule has 0 saturated heterocycles. The number of aromatic nitrogens is 1. The Hall–Kier alpha value is -1.15. The van der Waals surface area contributed by atoms with Gasteiger partial charge in [0.25, 0.3) is 0 Å². The van der Waals surface area contributed by atoms with E-state index in [9.17, 15) is 0 Å². The normalized spacial score (nSPS) is 12.7. The van der Waals surface area contributed by atoms with Gasteiger partial charge in [-0.2, -0.15) is 0 Å². The van der Waals surface area contributed by atoms with Gasteiger partial charge in [-0.05, 0) is 31.7 Å². The zero-order valence-electron chi connectivity index (χ0n) is 11.7. The fraction of sp³-hybridized carbons (Fsp3) is 0.438. The lowest BCUT2D eigenvalue weighted by atomic mass is 10.1. The number of hydrogen-bond acceptors (Lipinski definition) is 2. The van der Waals surface area contributed by atoms with Gasteiger partial charge >= 0.3 is 0 Å². The largest absolute Gasteiger partial charge is 0.246 e. The highest BCUT2D eigenvalue weighted by Crippen LogP contribution is 2.23. The quantitative estimate of drug-likeness (QED) is 0.763. The van der Waals surface area contributed by atoms with Crippen LogP contribution in [0, 0.1) is 13.8 Å². The van der Waals surface area contributed by atoms with Gasteiger partial charge in [0, 0.05) is 11.8 Å². The summed E-state index contributed by atoms with van der Waals surface area (Å²) in [6, 6.07) is 6.74. The molecule has 0 aliphatic heterocycles. The molecular formula is C16H21NS. The molecule has 0 aliphatic carbocycles. The van der Waals surface area contributed by atoms with Crippen molar-refractivity contribution in [1.82, 2.24) is 4.98 Å². The molecule has 2 aromatic rings. The van der Waals surface area contributed by atoms with Gasteiger partial charge in [-0.25, -0.2) is 4.98 Å². The molecule has 0 fully saturated rings. The number of rotatable bonds is 4. The van der Waals surface area contributed by atoms with Gasteiger partial charge in [-0.3, -0.25) is 0 Å². The molecule has 1 atom stereocenters. The second kappa shape index (κ2) is 5.66. The van der Waals surface area contributed by atoms with Gasteiger partial charge in [-0.1, -0.05) is 43.2 Å². The maximum absolute atomic E-state index is 4.75. The third-order valence-corrected chi connectivity index (χ3v) is 4.19. The molecule has 96 valence electrons. The van der Waals surface area contributed by atoms with Crippen LogP contribution in [0.4, 0.5) is 0 Å². The summed E-state index contributed by atoms with van der Waals surface area (Å²) >= 11 is 1.79. The van der Waals surface area contributed by atoms with E-state index in [1.54, 1.807) is 11.3 Å². The van der Waals surface area contributed by atoms with Crippen LogP contribution in [0.1, 0.15) is 53.6 Å². The molecule has 0 aliphatic rings. The van der Waals surface area contributed by atoms with E-state index in [0.29, 0.717) is 5.92 Å². The van der Waals surface area contributed by atoms with E-state index in [0.717, 1.165) is 12.8 Å². The van der Waals surface area contributed by atoms with Crippen molar-refractivity contribution in [2.24, 2.45) is 0 Å². The Balaban J connectivity index is 2.16. The van der Waals surface area contributed by atoms with Gasteiger partial charge < -0.3 is 0 Å². The van der Waals surface area contributed by atoms with Crippen molar-refractivity contribution in [3.63, 3.8) is 0 Å². The molecule has 18 heavy (non-hydrogen) atoms. The van der Waals surface area contributed by atoms with Crippen LogP contribution in [-0.4, -0.2) is 4.98 Å². The highest BCUT2D eigenvalue weighted by Gasteiger charge is 2.08. The molecule has 1 nitrogen and oxygen atoms in total. The van der Waals surface area contributed by atoms with Gasteiger partial charge in [0.05, 0.1) is 10.7 Å². The molecule has 0 N–H and O–H groups in total. The van der Waals surface area contributed by atoms with Crippen molar-refractivity contribution in [2.75, 3.05) is 0 Å². The standard InChI is InChI=1S/C16H21NS/c1-5-13(4)15-10-18-16(17-15)9-14-7-11(2)6-12(3)8-14/h6-8,10,13H,5,9H2,1-4H3. The van der Waals surface area contributed by atoms with Crippen molar-refractivity contribution in [3.05, 3.63) is 51.0 Å². The minimum atomic E-state index is 0.578. The van der Waals surface area contributed by atoms with E-state index in [4.69, 9.17) is 4.98 Å². The highest BCUT2D eigenvalue weighted by atomic mass is 32.1. The van der Waals surface area contributed by atoms with Gasteiger partial charge in [0.2, 0.25) is 0 Å². The molecule has 1 aromatic carbocycles. The molecule has 1 aromatic heterocycles. The average molecular weight is 259 g/mol. The molecule has 0 radical (unpaired) electrons. The molecule has 0 bridgehead atoms. The number of thiazole rings is 1. The van der Waals surface area contributed by atoms with Crippen LogP contribution < -0.4 is 0 Å². The van der Waals surface area contributed by atoms with Gasteiger partial charge in [0.15, 0.2) is 0 Å². The molecule has 0 spiro atoms. The Kier molecular flexibility index (Phi) is 4.18. The third-order valence-electron chi connectivity index (χ3n) is 3.32. The SMILES string of the molecule is CCC(C)c1csc(Cc2cc(C)cc(C)c2)n1. The average Bonchev–Trinajstić information content (AvgIpc) is 2.75. The van der Waals surface area contributed by atoms with Crippen molar-refractivity contribution in [2.45, 2.75) is 46.5 Å². The van der Waals surface area contributed by atoms with E-state index in [-0.39, 0.29) is 0 Å². The molecule has 1 heterocycles. The lowest BCUT2D eigenvalue weighted by molar-refractivity contribution is 0.710. The smallest absolute Gasteiger partial charge is 0.0972 e. The van der Waals surface area contributed by atoms with Crippen LogP contribution in [0.3, 0.4) is 0 Å². The van der Waals surface area contributed by atoms with Crippen molar-refractivity contribution >= 4 is 11.3 Å². The second-order valence-corrected chi connectivity index (χ2v) is 6.09. The summed E-state index contributed by atoms with van der Waals surface area (Å²) in [6.45, 7) is 8.77. The van der Waals surface area contributed by atoms with Crippen molar-refractivity contribution < 1.29 is 0 Å². The summed E-state index contributed by atoms with van der Waals surface area (Å²) in [5.41, 5.74) is 5.30. The van der Waals surface area contributed by atoms with E-state index in [1.807, 2.05) is 0 Å². The summed E-state index contributed by atoms with van der Waals surface area (Å²) in [5, 5.41) is 3.45. The summed E-state index contributed by atoms with van der Waals surface area (Å²) < 4.78 is 0. The van der Waals surface area contributed by atoms with E-state index >= 15 is 0 Å². The number of nitrogens with zero attached hydrogens (tertiary/aromatic N) is 1. The Morgan fingerprint density at radius 1 is 1.17 bits per heavy atom. The maximum atomic E-state index is 4.75. The van der Waals surface area contributed by atoms with E-state index in [1.165, 1.54) is 27.4 Å². The predicted octanol–water partition coefficient (Wildman–Crippen LogP) is 4.86. The van der Waals surface area contributed by atoms with Gasteiger partial charge in [-0.15, -0.1) is 11.3 Å². The molecular weight excluding hydrogens is 238 g/mol. The van der Waals surface area contributed by atoms with Crippen LogP contribution >= 0.6 is 11.3 Å². The molecule has 1 unspecified atom stereocenters. The maximum Gasteiger partial charge on any atom is 0.0972 e. The number of benzene rings is 1. The highest BCUT2D eigenvalue weighted by molar-refractivity contribution is 7.09. The van der Waals surface area contributed by atoms with Crippen LogP contribution in [-0.2, 0) is 6.42 Å². The lowest BCUT2D eigenvalue weighted by Crippen LogP contribution is -1.94. The fourth-order valence-electron chi connectivity index (χ4n) is 2.19. The summed E-state index contributed by atoms with van der Waals surface area (Å²) in [5.74, 6) is 0.578. The number of hydrogen-bond donors (Lipinski definition) is 0. The number of aryl methyl sites for hydroxylation is 2. The first-order chi connectivity index (χ1) is 8.58. The van der Waals surface area contributed by atoms with Crippen LogP contribution in [0.15, 0.2) is 23.6 Å². The van der Waals surface area contributed by atoms with Crippen LogP contribution in [0.2, 0.25) is 0 Å². The molecule has 0 saturated carbocycles. The van der Waals surface area contributed by atoms with Gasteiger partial charge in [0.1, 0.15) is 0 Å². The minimum Gasteiger partial charge on any atom is -0.246 e. The Bertz CT molecular complexity index is 507. The Morgan fingerprint density at radius 3 is 2.44 bits per heavy atom. The van der Waals surface area contributed by atoms with Crippen LogP contribution in [0.5, 0.6) is 0 Å². The first-order valence-corrected chi connectivity index (χ1v) is 7.48. The van der Waals surface area contributed by atoms with Crippen LogP contribution in [0.25, 0.3) is 0 Å². The predicted molar refractivity (Wildman–Crippen MR) is 79.5 cm³/mol. The van der Waals surface area contributed by atoms with Crippen molar-refractivity contribution in [3.8, 4) is 0 Å². The molecule has 2 heteroatoms.